The van der Waals surface area contributed by atoms with Crippen LogP contribution in [-0.4, -0.2) is 37.4 Å². The van der Waals surface area contributed by atoms with Crippen LogP contribution in [0.5, 0.6) is 0 Å². The van der Waals surface area contributed by atoms with Crippen LogP contribution in [0, 0.1) is 5.92 Å². The molecule has 3 N–H and O–H groups in total. The number of rotatable bonds is 6. The number of carbonyl (C=O) groups excluding carboxylic acids is 1. The topological polar surface area (TPSA) is 64.3 Å². The molecule has 110 valence electrons. The number of ether oxygens (including phenoxy) is 1. The predicted octanol–water partition coefficient (Wildman–Crippen LogP) is 1.48. The first-order chi connectivity index (χ1) is 7.60. The summed E-state index contributed by atoms with van der Waals surface area (Å²) in [5.74, 6) is -0.532. The number of carbonyl (C=O) groups is 1. The van der Waals surface area contributed by atoms with Crippen LogP contribution in [0.3, 0.4) is 0 Å². The molecule has 8 heteroatoms. The maximum absolute atomic E-state index is 11.8. The van der Waals surface area contributed by atoms with Crippen LogP contribution in [0.15, 0.2) is 0 Å². The summed E-state index contributed by atoms with van der Waals surface area (Å²) < 4.78 is 39.5. The molecule has 1 unspecified atom stereocenters. The first kappa shape index (κ1) is 19.8. The minimum absolute atomic E-state index is 0. The van der Waals surface area contributed by atoms with E-state index in [2.05, 4.69) is 10.1 Å². The van der Waals surface area contributed by atoms with E-state index in [0.717, 1.165) is 0 Å². The molecule has 0 aliphatic carbocycles. The van der Waals surface area contributed by atoms with Gasteiger partial charge in [0.05, 0.1) is 5.54 Å². The van der Waals surface area contributed by atoms with Gasteiger partial charge in [-0.25, -0.2) is 0 Å². The van der Waals surface area contributed by atoms with Gasteiger partial charge in [0.25, 0.3) is 0 Å². The lowest BCUT2D eigenvalue weighted by atomic mass is 9.88. The van der Waals surface area contributed by atoms with Gasteiger partial charge in [-0.15, -0.1) is 12.4 Å². The largest absolute Gasteiger partial charge is 0.411 e. The van der Waals surface area contributed by atoms with Crippen LogP contribution >= 0.6 is 12.4 Å². The summed E-state index contributed by atoms with van der Waals surface area (Å²) in [4.78, 5) is 11.3. The van der Waals surface area contributed by atoms with Crippen LogP contribution in [-0.2, 0) is 9.53 Å². The zero-order valence-corrected chi connectivity index (χ0v) is 11.5. The molecule has 0 bridgehead atoms. The van der Waals surface area contributed by atoms with E-state index < -0.39 is 30.8 Å². The van der Waals surface area contributed by atoms with E-state index in [4.69, 9.17) is 5.73 Å². The molecular weight excluding hydrogens is 273 g/mol. The zero-order chi connectivity index (χ0) is 13.7. The molecule has 0 saturated carbocycles. The summed E-state index contributed by atoms with van der Waals surface area (Å²) in [6.45, 7) is 3.62. The lowest BCUT2D eigenvalue weighted by Crippen LogP contribution is -2.55. The maximum Gasteiger partial charge on any atom is 0.411 e. The van der Waals surface area contributed by atoms with Crippen molar-refractivity contribution in [3.63, 3.8) is 0 Å². The molecule has 0 fully saturated rings. The Hall–Kier alpha value is -0.530. The smallest absolute Gasteiger partial charge is 0.362 e. The quantitative estimate of drug-likeness (QED) is 0.779. The van der Waals surface area contributed by atoms with Gasteiger partial charge in [0.1, 0.15) is 13.2 Å². The predicted molar refractivity (Wildman–Crippen MR) is 64.6 cm³/mol. The van der Waals surface area contributed by atoms with Gasteiger partial charge in [-0.3, -0.25) is 4.79 Å². The van der Waals surface area contributed by atoms with Gasteiger partial charge in [-0.2, -0.15) is 13.2 Å². The highest BCUT2D eigenvalue weighted by Crippen LogP contribution is 2.15. The Morgan fingerprint density at radius 3 is 2.22 bits per heavy atom. The number of alkyl halides is 3. The zero-order valence-electron chi connectivity index (χ0n) is 10.6. The van der Waals surface area contributed by atoms with Crippen molar-refractivity contribution in [1.82, 2.24) is 5.32 Å². The van der Waals surface area contributed by atoms with Gasteiger partial charge in [-0.05, 0) is 12.8 Å². The standard InChI is InChI=1S/C10H19F3N2O2.ClH/c1-7(2)9(3,5-14)15-8(16)4-17-6-10(11,12)13;/h7H,4-6,14H2,1-3H3,(H,15,16);1H. The van der Waals surface area contributed by atoms with Gasteiger partial charge in [0, 0.05) is 6.54 Å². The summed E-state index contributed by atoms with van der Waals surface area (Å²) in [7, 11) is 0. The number of hydrogen-bond acceptors (Lipinski definition) is 3. The Kier molecular flexibility index (Phi) is 8.59. The minimum atomic E-state index is -4.42. The Labute approximate surface area is 111 Å². The number of nitrogens with one attached hydrogen (secondary N) is 1. The molecule has 0 heterocycles. The second-order valence-electron chi connectivity index (χ2n) is 4.43. The Morgan fingerprint density at radius 1 is 1.39 bits per heavy atom. The average Bonchev–Trinajstić information content (AvgIpc) is 2.15. The molecule has 0 aliphatic rings. The second kappa shape index (κ2) is 7.81. The fourth-order valence-corrected chi connectivity index (χ4v) is 1.05. The molecular formula is C10H20ClF3N2O2. The van der Waals surface area contributed by atoms with E-state index in [1.807, 2.05) is 13.8 Å². The third-order valence-corrected chi connectivity index (χ3v) is 2.62. The Balaban J connectivity index is 0. The normalized spacial score (nSPS) is 14.9. The molecule has 18 heavy (non-hydrogen) atoms. The van der Waals surface area contributed by atoms with Crippen LogP contribution in [0.4, 0.5) is 13.2 Å². The molecule has 0 aromatic carbocycles. The first-order valence-electron chi connectivity index (χ1n) is 5.26. The van der Waals surface area contributed by atoms with Gasteiger partial charge in [0.2, 0.25) is 5.91 Å². The lowest BCUT2D eigenvalue weighted by Gasteiger charge is -2.33. The van der Waals surface area contributed by atoms with Gasteiger partial charge in [0.15, 0.2) is 0 Å². The Morgan fingerprint density at radius 2 is 1.89 bits per heavy atom. The molecule has 0 saturated heterocycles. The SMILES string of the molecule is CC(C)C(C)(CN)NC(=O)COCC(F)(F)F.Cl. The third-order valence-electron chi connectivity index (χ3n) is 2.62. The summed E-state index contributed by atoms with van der Waals surface area (Å²) in [6.07, 6.45) is -4.42. The highest BCUT2D eigenvalue weighted by Gasteiger charge is 2.30. The van der Waals surface area contributed by atoms with E-state index in [1.54, 1.807) is 6.92 Å². The van der Waals surface area contributed by atoms with Crippen molar-refractivity contribution in [2.45, 2.75) is 32.5 Å². The van der Waals surface area contributed by atoms with E-state index in [-0.39, 0.29) is 24.9 Å². The minimum Gasteiger partial charge on any atom is -0.362 e. The molecule has 0 aromatic heterocycles. The molecule has 4 nitrogen and oxygen atoms in total. The third kappa shape index (κ3) is 7.73. The van der Waals surface area contributed by atoms with Crippen molar-refractivity contribution in [3.8, 4) is 0 Å². The van der Waals surface area contributed by atoms with Crippen molar-refractivity contribution in [3.05, 3.63) is 0 Å². The van der Waals surface area contributed by atoms with Gasteiger partial charge >= 0.3 is 6.18 Å². The van der Waals surface area contributed by atoms with Crippen molar-refractivity contribution < 1.29 is 22.7 Å². The molecule has 1 atom stereocenters. The first-order valence-corrected chi connectivity index (χ1v) is 5.26. The van der Waals surface area contributed by atoms with Crippen molar-refractivity contribution in [2.24, 2.45) is 11.7 Å². The van der Waals surface area contributed by atoms with E-state index in [1.165, 1.54) is 0 Å². The fraction of sp³-hybridized carbons (Fsp3) is 0.900. The van der Waals surface area contributed by atoms with Gasteiger partial charge in [-0.1, -0.05) is 13.8 Å². The van der Waals surface area contributed by atoms with Gasteiger partial charge < -0.3 is 15.8 Å². The lowest BCUT2D eigenvalue weighted by molar-refractivity contribution is -0.176. The van der Waals surface area contributed by atoms with Crippen LogP contribution < -0.4 is 11.1 Å². The van der Waals surface area contributed by atoms with E-state index in [9.17, 15) is 18.0 Å². The van der Waals surface area contributed by atoms with Crippen molar-refractivity contribution in [2.75, 3.05) is 19.8 Å². The van der Waals surface area contributed by atoms with Crippen LogP contribution in [0.25, 0.3) is 0 Å². The second-order valence-corrected chi connectivity index (χ2v) is 4.43. The summed E-state index contributed by atoms with van der Waals surface area (Å²) in [5.41, 5.74) is 4.88. The fourth-order valence-electron chi connectivity index (χ4n) is 1.05. The molecule has 0 spiro atoms. The number of nitrogens with two attached hydrogens (primary N) is 1. The van der Waals surface area contributed by atoms with Crippen molar-refractivity contribution in [1.29, 1.82) is 0 Å². The summed E-state index contributed by atoms with van der Waals surface area (Å²) >= 11 is 0. The highest BCUT2D eigenvalue weighted by molar-refractivity contribution is 5.85. The molecule has 1 amide bonds. The maximum atomic E-state index is 11.8. The molecule has 0 rings (SSSR count). The Bertz CT molecular complexity index is 262. The number of amides is 1. The summed E-state index contributed by atoms with van der Waals surface area (Å²) in [5, 5.41) is 2.57. The number of halogens is 4. The molecule has 0 aliphatic heterocycles. The average molecular weight is 293 g/mol. The van der Waals surface area contributed by atoms with Crippen LogP contribution in [0.1, 0.15) is 20.8 Å². The van der Waals surface area contributed by atoms with Crippen molar-refractivity contribution >= 4 is 18.3 Å². The van der Waals surface area contributed by atoms with E-state index in [0.29, 0.717) is 0 Å². The van der Waals surface area contributed by atoms with E-state index >= 15 is 0 Å². The monoisotopic (exact) mass is 292 g/mol. The van der Waals surface area contributed by atoms with Crippen LogP contribution in [0.2, 0.25) is 0 Å². The molecule has 0 radical (unpaired) electrons. The number of hydrogen-bond donors (Lipinski definition) is 2. The molecule has 0 aromatic rings. The highest BCUT2D eigenvalue weighted by atomic mass is 35.5. The summed E-state index contributed by atoms with van der Waals surface area (Å²) in [6, 6.07) is 0.